The molecular weight excluding hydrogens is 330 g/mol. The number of nitrogens with zero attached hydrogens (tertiary/aromatic N) is 1. The van der Waals surface area contributed by atoms with Crippen LogP contribution in [0.5, 0.6) is 11.5 Å². The predicted molar refractivity (Wildman–Crippen MR) is 101 cm³/mol. The van der Waals surface area contributed by atoms with Crippen molar-refractivity contribution in [1.29, 1.82) is 0 Å². The first-order valence-corrected chi connectivity index (χ1v) is 8.70. The van der Waals surface area contributed by atoms with Crippen molar-refractivity contribution in [3.8, 4) is 11.5 Å². The summed E-state index contributed by atoms with van der Waals surface area (Å²) in [5, 5.41) is 9.62. The van der Waals surface area contributed by atoms with Gasteiger partial charge < -0.3 is 14.6 Å². The average Bonchev–Trinajstić information content (AvgIpc) is 2.90. The van der Waals surface area contributed by atoms with Gasteiger partial charge in [0.05, 0.1) is 12.8 Å². The van der Waals surface area contributed by atoms with Gasteiger partial charge in [-0.3, -0.25) is 4.90 Å². The third-order valence-corrected chi connectivity index (χ3v) is 4.74. The number of rotatable bonds is 3. The fourth-order valence-corrected chi connectivity index (χ4v) is 3.50. The first kappa shape index (κ1) is 18.1. The summed E-state index contributed by atoms with van der Waals surface area (Å²) in [4.78, 5) is 13.1. The van der Waals surface area contributed by atoms with Gasteiger partial charge in [0.2, 0.25) is 0 Å². The second-order valence-electron chi connectivity index (χ2n) is 7.61. The highest BCUT2D eigenvalue weighted by Gasteiger charge is 2.34. The van der Waals surface area contributed by atoms with Gasteiger partial charge in [-0.05, 0) is 44.5 Å². The number of methoxy groups -OCH3 is 1. The normalized spacial score (nSPS) is 18.8. The molecule has 0 radical (unpaired) electrons. The molecule has 0 aromatic heterocycles. The van der Waals surface area contributed by atoms with Crippen molar-refractivity contribution >= 4 is 11.8 Å². The summed E-state index contributed by atoms with van der Waals surface area (Å²) in [6, 6.07) is 13.5. The molecule has 1 aliphatic rings. The van der Waals surface area contributed by atoms with Gasteiger partial charge >= 0.3 is 6.09 Å². The van der Waals surface area contributed by atoms with Gasteiger partial charge in [-0.15, -0.1) is 0 Å². The van der Waals surface area contributed by atoms with Crippen LogP contribution in [0, 0.1) is 0 Å². The maximum Gasteiger partial charge on any atom is 0.412 e. The zero-order chi connectivity index (χ0) is 19.1. The molecule has 2 atom stereocenters. The Morgan fingerprint density at radius 2 is 1.92 bits per heavy atom. The third-order valence-electron chi connectivity index (χ3n) is 4.74. The molecule has 0 spiro atoms. The minimum absolute atomic E-state index is 0.122. The van der Waals surface area contributed by atoms with Crippen molar-refractivity contribution < 1.29 is 19.4 Å². The number of carboxylic acid groups (broad SMARTS) is 1. The van der Waals surface area contributed by atoms with Crippen molar-refractivity contribution in [2.24, 2.45) is 0 Å². The van der Waals surface area contributed by atoms with Crippen LogP contribution in [0.4, 0.5) is 10.5 Å². The van der Waals surface area contributed by atoms with Gasteiger partial charge in [-0.1, -0.05) is 25.1 Å². The van der Waals surface area contributed by atoms with Crippen molar-refractivity contribution in [3.63, 3.8) is 0 Å². The quantitative estimate of drug-likeness (QED) is 0.820. The summed E-state index contributed by atoms with van der Waals surface area (Å²) in [7, 11) is 1.64. The first-order valence-electron chi connectivity index (χ1n) is 8.70. The molecule has 2 aromatic carbocycles. The van der Waals surface area contributed by atoms with Gasteiger partial charge in [0, 0.05) is 23.1 Å². The lowest BCUT2D eigenvalue weighted by Crippen LogP contribution is -2.45. The molecule has 5 heteroatoms. The molecule has 0 fully saturated rings. The number of hydrogen-bond acceptors (Lipinski definition) is 3. The Morgan fingerprint density at radius 3 is 2.54 bits per heavy atom. The van der Waals surface area contributed by atoms with E-state index in [4.69, 9.17) is 9.47 Å². The molecule has 0 saturated carbocycles. The maximum absolute atomic E-state index is 11.7. The molecule has 2 aromatic rings. The Balaban J connectivity index is 1.95. The predicted octanol–water partition coefficient (Wildman–Crippen LogP) is 5.22. The largest absolute Gasteiger partial charge is 0.497 e. The maximum atomic E-state index is 11.7. The monoisotopic (exact) mass is 355 g/mol. The Morgan fingerprint density at radius 1 is 1.19 bits per heavy atom. The first-order chi connectivity index (χ1) is 12.2. The number of anilines is 1. The summed E-state index contributed by atoms with van der Waals surface area (Å²) >= 11 is 0. The van der Waals surface area contributed by atoms with Crippen LogP contribution in [0.15, 0.2) is 42.5 Å². The lowest BCUT2D eigenvalue weighted by molar-refractivity contribution is 0.195. The Labute approximate surface area is 154 Å². The second kappa shape index (κ2) is 6.56. The molecule has 26 heavy (non-hydrogen) atoms. The van der Waals surface area contributed by atoms with Gasteiger partial charge in [-0.25, -0.2) is 4.79 Å². The van der Waals surface area contributed by atoms with Crippen molar-refractivity contribution in [2.45, 2.75) is 45.3 Å². The van der Waals surface area contributed by atoms with E-state index in [0.29, 0.717) is 5.69 Å². The molecule has 1 aliphatic heterocycles. The van der Waals surface area contributed by atoms with Gasteiger partial charge in [0.15, 0.2) is 0 Å². The van der Waals surface area contributed by atoms with Gasteiger partial charge in [-0.2, -0.15) is 0 Å². The minimum Gasteiger partial charge on any atom is -0.497 e. The molecule has 3 rings (SSSR count). The molecule has 138 valence electrons. The topological polar surface area (TPSA) is 59.0 Å². The molecule has 0 saturated heterocycles. The number of fused-ring (bicyclic) bond motifs is 1. The smallest absolute Gasteiger partial charge is 0.412 e. The summed E-state index contributed by atoms with van der Waals surface area (Å²) in [6.45, 7) is 7.74. The summed E-state index contributed by atoms with van der Waals surface area (Å²) < 4.78 is 11.5. The molecule has 1 amide bonds. The number of benzene rings is 2. The minimum atomic E-state index is -0.979. The van der Waals surface area contributed by atoms with Crippen LogP contribution in [0.2, 0.25) is 0 Å². The second-order valence-corrected chi connectivity index (χ2v) is 7.61. The van der Waals surface area contributed by atoms with E-state index < -0.39 is 11.6 Å². The van der Waals surface area contributed by atoms with Crippen molar-refractivity contribution in [2.75, 3.05) is 12.0 Å². The fraction of sp³-hybridized carbons (Fsp3) is 0.381. The lowest BCUT2D eigenvalue weighted by Gasteiger charge is -2.33. The van der Waals surface area contributed by atoms with Crippen LogP contribution in [0.25, 0.3) is 0 Å². The van der Waals surface area contributed by atoms with Crippen LogP contribution in [-0.4, -0.2) is 23.8 Å². The summed E-state index contributed by atoms with van der Waals surface area (Å²) in [5.41, 5.74) is 2.19. The molecule has 2 unspecified atom stereocenters. The van der Waals surface area contributed by atoms with Gasteiger partial charge in [0.25, 0.3) is 0 Å². The highest BCUT2D eigenvalue weighted by molar-refractivity contribution is 5.88. The van der Waals surface area contributed by atoms with Gasteiger partial charge in [0.1, 0.15) is 17.6 Å². The highest BCUT2D eigenvalue weighted by atomic mass is 16.5. The number of ether oxygens (including phenoxy) is 2. The van der Waals surface area contributed by atoms with E-state index in [1.165, 1.54) is 4.90 Å². The molecule has 1 heterocycles. The molecule has 1 N–H and O–H groups in total. The number of carbonyl (C=O) groups is 1. The van der Waals surface area contributed by atoms with E-state index in [1.807, 2.05) is 63.2 Å². The van der Waals surface area contributed by atoms with E-state index in [0.717, 1.165) is 22.6 Å². The number of hydrogen-bond donors (Lipinski definition) is 1. The van der Waals surface area contributed by atoms with Crippen LogP contribution >= 0.6 is 0 Å². The SMILES string of the molecule is COc1cccc(C2Oc3cc(N(C(=O)O)C(C)(C)C)ccc3C2C)c1. The lowest BCUT2D eigenvalue weighted by atomic mass is 9.92. The van der Waals surface area contributed by atoms with Crippen LogP contribution in [-0.2, 0) is 0 Å². The zero-order valence-corrected chi connectivity index (χ0v) is 15.8. The Hall–Kier alpha value is -2.69. The van der Waals surface area contributed by atoms with E-state index in [2.05, 4.69) is 6.92 Å². The van der Waals surface area contributed by atoms with Crippen molar-refractivity contribution in [3.05, 3.63) is 53.6 Å². The Kier molecular flexibility index (Phi) is 4.57. The summed E-state index contributed by atoms with van der Waals surface area (Å²) in [6.07, 6.45) is -1.10. The van der Waals surface area contributed by atoms with Crippen LogP contribution in [0.3, 0.4) is 0 Å². The van der Waals surface area contributed by atoms with E-state index >= 15 is 0 Å². The molecule has 0 aliphatic carbocycles. The van der Waals surface area contributed by atoms with E-state index in [1.54, 1.807) is 7.11 Å². The van der Waals surface area contributed by atoms with E-state index in [9.17, 15) is 9.90 Å². The Bertz CT molecular complexity index is 825. The molecule has 5 nitrogen and oxygen atoms in total. The van der Waals surface area contributed by atoms with Crippen LogP contribution in [0.1, 0.15) is 50.8 Å². The summed E-state index contributed by atoms with van der Waals surface area (Å²) in [5.74, 6) is 1.69. The molecule has 0 bridgehead atoms. The fourth-order valence-electron chi connectivity index (χ4n) is 3.50. The average molecular weight is 355 g/mol. The highest BCUT2D eigenvalue weighted by Crippen LogP contribution is 2.47. The standard InChI is InChI=1S/C21H25NO4/c1-13-17-10-9-15(22(20(23)24)21(2,3)4)12-18(17)26-19(13)14-7-6-8-16(11-14)25-5/h6-13,19H,1-5H3,(H,23,24). The van der Waals surface area contributed by atoms with Crippen molar-refractivity contribution in [1.82, 2.24) is 0 Å². The zero-order valence-electron chi connectivity index (χ0n) is 15.8. The molecular formula is C21H25NO4. The van der Waals surface area contributed by atoms with Crippen LogP contribution < -0.4 is 14.4 Å². The third kappa shape index (κ3) is 3.21. The number of amides is 1. The van der Waals surface area contributed by atoms with E-state index in [-0.39, 0.29) is 12.0 Å².